The SMILES string of the molecule is Cc1cccc(NC(=O)c2ccccc2NC(=O)C(=O)N/N=C\c2ccccc2O)c1. The van der Waals surface area contributed by atoms with Gasteiger partial charge in [-0.1, -0.05) is 36.4 Å². The highest BCUT2D eigenvalue weighted by Crippen LogP contribution is 2.18. The Morgan fingerprint density at radius 3 is 2.39 bits per heavy atom. The highest BCUT2D eigenvalue weighted by Gasteiger charge is 2.17. The number of rotatable bonds is 5. The number of phenols is 1. The van der Waals surface area contributed by atoms with Crippen molar-refractivity contribution in [3.63, 3.8) is 0 Å². The molecule has 0 heterocycles. The fraction of sp³-hybridized carbons (Fsp3) is 0.0435. The van der Waals surface area contributed by atoms with Crippen LogP contribution in [0.4, 0.5) is 11.4 Å². The molecule has 8 nitrogen and oxygen atoms in total. The van der Waals surface area contributed by atoms with Crippen molar-refractivity contribution in [2.24, 2.45) is 5.10 Å². The molecule has 3 amide bonds. The van der Waals surface area contributed by atoms with Crippen molar-refractivity contribution < 1.29 is 19.5 Å². The second kappa shape index (κ2) is 9.84. The Hall–Kier alpha value is -4.46. The summed E-state index contributed by atoms with van der Waals surface area (Å²) in [5.41, 5.74) is 4.43. The van der Waals surface area contributed by atoms with Crippen molar-refractivity contribution in [1.29, 1.82) is 0 Å². The molecule has 0 aromatic heterocycles. The van der Waals surface area contributed by atoms with E-state index < -0.39 is 17.7 Å². The van der Waals surface area contributed by atoms with E-state index in [-0.39, 0.29) is 17.0 Å². The number of aryl methyl sites for hydroxylation is 1. The molecule has 0 aliphatic rings. The molecule has 0 unspecified atom stereocenters. The number of nitrogens with one attached hydrogen (secondary N) is 3. The summed E-state index contributed by atoms with van der Waals surface area (Å²) in [6.07, 6.45) is 1.21. The Balaban J connectivity index is 1.65. The van der Waals surface area contributed by atoms with E-state index in [0.29, 0.717) is 11.3 Å². The maximum Gasteiger partial charge on any atom is 0.329 e. The molecule has 3 aromatic rings. The first-order valence-electron chi connectivity index (χ1n) is 9.33. The van der Waals surface area contributed by atoms with Crippen LogP contribution in [0.5, 0.6) is 5.75 Å². The number of amides is 3. The maximum absolute atomic E-state index is 12.6. The topological polar surface area (TPSA) is 120 Å². The van der Waals surface area contributed by atoms with Gasteiger partial charge in [-0.2, -0.15) is 5.10 Å². The molecule has 0 radical (unpaired) electrons. The van der Waals surface area contributed by atoms with Gasteiger partial charge in [0, 0.05) is 11.3 Å². The summed E-state index contributed by atoms with van der Waals surface area (Å²) in [7, 11) is 0. The number of para-hydroxylation sites is 2. The highest BCUT2D eigenvalue weighted by atomic mass is 16.3. The van der Waals surface area contributed by atoms with Crippen LogP contribution < -0.4 is 16.1 Å². The molecule has 0 bridgehead atoms. The summed E-state index contributed by atoms with van der Waals surface area (Å²) in [6.45, 7) is 1.91. The minimum absolute atomic E-state index is 0.0153. The number of phenolic OH excluding ortho intramolecular Hbond substituents is 1. The maximum atomic E-state index is 12.6. The lowest BCUT2D eigenvalue weighted by molar-refractivity contribution is -0.136. The van der Waals surface area contributed by atoms with E-state index in [4.69, 9.17) is 0 Å². The number of carbonyl (C=O) groups is 3. The molecule has 0 saturated heterocycles. The summed E-state index contributed by atoms with van der Waals surface area (Å²) in [4.78, 5) is 36.9. The number of aromatic hydroxyl groups is 1. The van der Waals surface area contributed by atoms with E-state index in [1.165, 1.54) is 24.4 Å². The van der Waals surface area contributed by atoms with Crippen LogP contribution in [0, 0.1) is 6.92 Å². The predicted molar refractivity (Wildman–Crippen MR) is 118 cm³/mol. The molecule has 0 spiro atoms. The zero-order chi connectivity index (χ0) is 22.2. The minimum Gasteiger partial charge on any atom is -0.507 e. The Morgan fingerprint density at radius 2 is 1.61 bits per heavy atom. The summed E-state index contributed by atoms with van der Waals surface area (Å²) in [5.74, 6) is -2.47. The second-order valence-corrected chi connectivity index (χ2v) is 6.58. The molecule has 156 valence electrons. The van der Waals surface area contributed by atoms with E-state index in [9.17, 15) is 19.5 Å². The van der Waals surface area contributed by atoms with E-state index in [1.807, 2.05) is 25.1 Å². The number of benzene rings is 3. The van der Waals surface area contributed by atoms with Crippen LogP contribution in [0.25, 0.3) is 0 Å². The zero-order valence-corrected chi connectivity index (χ0v) is 16.6. The molecule has 31 heavy (non-hydrogen) atoms. The molecule has 8 heteroatoms. The summed E-state index contributed by atoms with van der Waals surface area (Å²) in [5, 5.41) is 18.5. The predicted octanol–water partition coefficient (Wildman–Crippen LogP) is 3.04. The number of carbonyl (C=O) groups excluding carboxylic acids is 3. The Labute approximate surface area is 178 Å². The van der Waals surface area contributed by atoms with Gasteiger partial charge in [-0.25, -0.2) is 5.43 Å². The molecule has 3 aromatic carbocycles. The van der Waals surface area contributed by atoms with Crippen molar-refractivity contribution >= 4 is 35.3 Å². The molecule has 0 atom stereocenters. The van der Waals surface area contributed by atoms with Gasteiger partial charge in [0.25, 0.3) is 5.91 Å². The van der Waals surface area contributed by atoms with E-state index in [1.54, 1.807) is 36.4 Å². The van der Waals surface area contributed by atoms with E-state index in [2.05, 4.69) is 21.2 Å². The molecule has 3 rings (SSSR count). The van der Waals surface area contributed by atoms with Gasteiger partial charge < -0.3 is 15.7 Å². The smallest absolute Gasteiger partial charge is 0.329 e. The van der Waals surface area contributed by atoms with Gasteiger partial charge in [0.05, 0.1) is 17.5 Å². The number of nitrogens with zero attached hydrogens (tertiary/aromatic N) is 1. The van der Waals surface area contributed by atoms with Crippen molar-refractivity contribution in [2.75, 3.05) is 10.6 Å². The zero-order valence-electron chi connectivity index (χ0n) is 16.6. The molecular weight excluding hydrogens is 396 g/mol. The van der Waals surface area contributed by atoms with Crippen LogP contribution in [-0.2, 0) is 9.59 Å². The summed E-state index contributed by atoms with van der Waals surface area (Å²) in [6, 6.07) is 20.0. The fourth-order valence-corrected chi connectivity index (χ4v) is 2.70. The normalized spacial score (nSPS) is 10.5. The van der Waals surface area contributed by atoms with Crippen molar-refractivity contribution in [3.8, 4) is 5.75 Å². The Morgan fingerprint density at radius 1 is 0.871 bits per heavy atom. The molecule has 0 aliphatic carbocycles. The van der Waals surface area contributed by atoms with Crippen molar-refractivity contribution in [2.45, 2.75) is 6.92 Å². The molecule has 0 aliphatic heterocycles. The number of anilines is 2. The van der Waals surface area contributed by atoms with Gasteiger partial charge >= 0.3 is 11.8 Å². The van der Waals surface area contributed by atoms with Crippen LogP contribution >= 0.6 is 0 Å². The average molecular weight is 416 g/mol. The molecule has 0 fully saturated rings. The van der Waals surface area contributed by atoms with Crippen LogP contribution in [0.1, 0.15) is 21.5 Å². The van der Waals surface area contributed by atoms with Crippen LogP contribution in [0.2, 0.25) is 0 Å². The summed E-state index contributed by atoms with van der Waals surface area (Å²) >= 11 is 0. The van der Waals surface area contributed by atoms with Crippen LogP contribution in [-0.4, -0.2) is 29.0 Å². The van der Waals surface area contributed by atoms with E-state index >= 15 is 0 Å². The van der Waals surface area contributed by atoms with Crippen molar-refractivity contribution in [3.05, 3.63) is 89.5 Å². The monoisotopic (exact) mass is 416 g/mol. The largest absolute Gasteiger partial charge is 0.507 e. The molecular formula is C23H20N4O4. The molecule has 4 N–H and O–H groups in total. The van der Waals surface area contributed by atoms with Gasteiger partial charge in [-0.05, 0) is 48.9 Å². The molecule has 0 saturated carbocycles. The van der Waals surface area contributed by atoms with Gasteiger partial charge in [-0.3, -0.25) is 14.4 Å². The first kappa shape index (κ1) is 21.3. The van der Waals surface area contributed by atoms with Crippen LogP contribution in [0.3, 0.4) is 0 Å². The number of hydrogen-bond donors (Lipinski definition) is 4. The van der Waals surface area contributed by atoms with Crippen LogP contribution in [0.15, 0.2) is 77.9 Å². The average Bonchev–Trinajstić information content (AvgIpc) is 2.75. The highest BCUT2D eigenvalue weighted by molar-refractivity contribution is 6.40. The first-order valence-corrected chi connectivity index (χ1v) is 9.33. The second-order valence-electron chi connectivity index (χ2n) is 6.58. The van der Waals surface area contributed by atoms with Gasteiger partial charge in [0.15, 0.2) is 0 Å². The fourth-order valence-electron chi connectivity index (χ4n) is 2.70. The Bertz CT molecular complexity index is 1160. The lowest BCUT2D eigenvalue weighted by Crippen LogP contribution is -2.33. The third kappa shape index (κ3) is 5.77. The van der Waals surface area contributed by atoms with Gasteiger partial charge in [0.2, 0.25) is 0 Å². The number of hydrazone groups is 1. The van der Waals surface area contributed by atoms with Crippen molar-refractivity contribution in [1.82, 2.24) is 5.43 Å². The van der Waals surface area contributed by atoms with Gasteiger partial charge in [-0.15, -0.1) is 0 Å². The first-order chi connectivity index (χ1) is 14.9. The quantitative estimate of drug-likeness (QED) is 0.290. The third-order valence-electron chi connectivity index (χ3n) is 4.21. The van der Waals surface area contributed by atoms with E-state index in [0.717, 1.165) is 5.56 Å². The van der Waals surface area contributed by atoms with Gasteiger partial charge in [0.1, 0.15) is 5.75 Å². The Kier molecular flexibility index (Phi) is 6.74. The summed E-state index contributed by atoms with van der Waals surface area (Å²) < 4.78 is 0. The lowest BCUT2D eigenvalue weighted by atomic mass is 10.1. The lowest BCUT2D eigenvalue weighted by Gasteiger charge is -2.11. The number of hydrogen-bond acceptors (Lipinski definition) is 5. The third-order valence-corrected chi connectivity index (χ3v) is 4.21. The minimum atomic E-state index is -1.03. The standard InChI is InChI=1S/C23H20N4O4/c1-15-7-6-9-17(13-15)25-21(29)18-10-3-4-11-19(18)26-22(30)23(31)27-24-14-16-8-2-5-12-20(16)28/h2-14,28H,1H3,(H,25,29)(H,26,30)(H,27,31)/b24-14-.